The summed E-state index contributed by atoms with van der Waals surface area (Å²) in [4.78, 5) is 34.3. The number of carbonyl (C=O) groups excluding carboxylic acids is 3. The Kier molecular flexibility index (Phi) is 6.12. The van der Waals surface area contributed by atoms with E-state index < -0.39 is 11.9 Å². The van der Waals surface area contributed by atoms with Gasteiger partial charge < -0.3 is 10.1 Å². The number of amides is 1. The first-order valence-electron chi connectivity index (χ1n) is 7.50. The van der Waals surface area contributed by atoms with Crippen molar-refractivity contribution in [1.29, 1.82) is 0 Å². The van der Waals surface area contributed by atoms with Crippen molar-refractivity contribution in [1.82, 2.24) is 5.32 Å². The average Bonchev–Trinajstić information content (AvgIpc) is 2.61. The number of hydrogen-bond donors (Lipinski definition) is 1. The van der Waals surface area contributed by atoms with E-state index in [9.17, 15) is 14.4 Å². The molecule has 0 aromatic heterocycles. The topological polar surface area (TPSA) is 72.5 Å². The molecule has 5 nitrogen and oxygen atoms in total. The number of hydrogen-bond acceptors (Lipinski definition) is 4. The maximum absolute atomic E-state index is 11.8. The first-order valence-corrected chi connectivity index (χ1v) is 7.50. The van der Waals surface area contributed by atoms with E-state index in [-0.39, 0.29) is 24.2 Å². The van der Waals surface area contributed by atoms with Gasteiger partial charge in [0.2, 0.25) is 5.91 Å². The smallest absolute Gasteiger partial charge is 0.342 e. The van der Waals surface area contributed by atoms with Gasteiger partial charge in [0.05, 0.1) is 0 Å². The summed E-state index contributed by atoms with van der Waals surface area (Å²) < 4.78 is 4.49. The Morgan fingerprint density at radius 3 is 2.38 bits per heavy atom. The highest BCUT2D eigenvalue weighted by Crippen LogP contribution is 2.25. The predicted molar refractivity (Wildman–Crippen MR) is 79.3 cm³/mol. The predicted octanol–water partition coefficient (Wildman–Crippen LogP) is 2.50. The Hall–Kier alpha value is -1.65. The average molecular weight is 295 g/mol. The van der Waals surface area contributed by atoms with Gasteiger partial charge in [-0.15, -0.1) is 0 Å². The zero-order chi connectivity index (χ0) is 16.0. The van der Waals surface area contributed by atoms with E-state index >= 15 is 0 Å². The van der Waals surface area contributed by atoms with Crippen LogP contribution in [0.2, 0.25) is 0 Å². The van der Waals surface area contributed by atoms with Crippen LogP contribution in [-0.2, 0) is 19.1 Å². The summed E-state index contributed by atoms with van der Waals surface area (Å²) in [6.45, 7) is 8.72. The lowest BCUT2D eigenvalue weighted by atomic mass is 9.85. The van der Waals surface area contributed by atoms with Crippen molar-refractivity contribution < 1.29 is 19.1 Å². The van der Waals surface area contributed by atoms with Crippen molar-refractivity contribution in [2.24, 2.45) is 5.41 Å². The molecule has 1 rings (SSSR count). The molecule has 0 spiro atoms. The van der Waals surface area contributed by atoms with Crippen molar-refractivity contribution in [3.8, 4) is 0 Å². The van der Waals surface area contributed by atoms with Gasteiger partial charge in [-0.2, -0.15) is 0 Å². The Labute approximate surface area is 126 Å². The molecule has 0 saturated carbocycles. The molecular formula is C16H25NO4. The van der Waals surface area contributed by atoms with Crippen molar-refractivity contribution in [2.75, 3.05) is 6.54 Å². The quantitative estimate of drug-likeness (QED) is 0.551. The fraction of sp³-hybridized carbons (Fsp3) is 0.688. The van der Waals surface area contributed by atoms with Gasteiger partial charge in [-0.25, -0.2) is 9.59 Å². The molecule has 1 heterocycles. The van der Waals surface area contributed by atoms with Gasteiger partial charge in [0.1, 0.15) is 0 Å². The fourth-order valence-corrected chi connectivity index (χ4v) is 2.46. The van der Waals surface area contributed by atoms with E-state index in [0.717, 1.165) is 19.3 Å². The molecule has 0 fully saturated rings. The van der Waals surface area contributed by atoms with Crippen LogP contribution in [0.4, 0.5) is 0 Å². The third-order valence-electron chi connectivity index (χ3n) is 3.84. The molecule has 0 radical (unpaired) electrons. The van der Waals surface area contributed by atoms with E-state index in [2.05, 4.69) is 30.8 Å². The van der Waals surface area contributed by atoms with Crippen LogP contribution in [0.5, 0.6) is 0 Å². The standard InChI is InChI=1S/C16H25NO4/c1-5-8-16(3,4)9-10-17-13(18)7-6-12-11(2)14(19)21-15(12)20/h5-10H2,1-4H3,(H,17,18). The van der Waals surface area contributed by atoms with Crippen LogP contribution in [0, 0.1) is 5.41 Å². The highest BCUT2D eigenvalue weighted by molar-refractivity contribution is 6.12. The highest BCUT2D eigenvalue weighted by atomic mass is 16.6. The Balaban J connectivity index is 2.32. The van der Waals surface area contributed by atoms with Crippen LogP contribution in [-0.4, -0.2) is 24.4 Å². The fourth-order valence-electron chi connectivity index (χ4n) is 2.46. The molecule has 1 N–H and O–H groups in total. The molecule has 118 valence electrons. The van der Waals surface area contributed by atoms with E-state index in [4.69, 9.17) is 0 Å². The maximum Gasteiger partial charge on any atom is 0.342 e. The second kappa shape index (κ2) is 7.38. The van der Waals surface area contributed by atoms with E-state index in [0.29, 0.717) is 17.7 Å². The van der Waals surface area contributed by atoms with Crippen LogP contribution in [0.3, 0.4) is 0 Å². The third-order valence-corrected chi connectivity index (χ3v) is 3.84. The molecule has 0 atom stereocenters. The molecule has 0 aliphatic carbocycles. The van der Waals surface area contributed by atoms with E-state index in [1.54, 1.807) is 6.92 Å². The van der Waals surface area contributed by atoms with Crippen LogP contribution in [0.25, 0.3) is 0 Å². The summed E-state index contributed by atoms with van der Waals surface area (Å²) in [5.74, 6) is -1.32. The second-order valence-corrected chi connectivity index (χ2v) is 6.29. The lowest BCUT2D eigenvalue weighted by Gasteiger charge is -2.23. The molecule has 1 aliphatic rings. The van der Waals surface area contributed by atoms with Gasteiger partial charge in [-0.1, -0.05) is 27.2 Å². The molecule has 21 heavy (non-hydrogen) atoms. The van der Waals surface area contributed by atoms with Crippen LogP contribution in [0.15, 0.2) is 11.1 Å². The molecule has 1 aliphatic heterocycles. The number of esters is 2. The minimum Gasteiger partial charge on any atom is -0.386 e. The van der Waals surface area contributed by atoms with Crippen LogP contribution >= 0.6 is 0 Å². The van der Waals surface area contributed by atoms with Gasteiger partial charge >= 0.3 is 11.9 Å². The Bertz CT molecular complexity index is 463. The van der Waals surface area contributed by atoms with Crippen molar-refractivity contribution >= 4 is 17.8 Å². The summed E-state index contributed by atoms with van der Waals surface area (Å²) in [7, 11) is 0. The molecular weight excluding hydrogens is 270 g/mol. The minimum atomic E-state index is -0.616. The van der Waals surface area contributed by atoms with E-state index in [1.807, 2.05) is 0 Å². The Morgan fingerprint density at radius 1 is 1.19 bits per heavy atom. The highest BCUT2D eigenvalue weighted by Gasteiger charge is 2.29. The summed E-state index contributed by atoms with van der Waals surface area (Å²) in [6, 6.07) is 0. The summed E-state index contributed by atoms with van der Waals surface area (Å²) in [5.41, 5.74) is 0.862. The normalized spacial score (nSPS) is 15.4. The van der Waals surface area contributed by atoms with E-state index in [1.165, 1.54) is 0 Å². The van der Waals surface area contributed by atoms with Gasteiger partial charge in [0.15, 0.2) is 0 Å². The van der Waals surface area contributed by atoms with Gasteiger partial charge in [0.25, 0.3) is 0 Å². The number of nitrogens with one attached hydrogen (secondary N) is 1. The number of cyclic esters (lactones) is 2. The molecule has 5 heteroatoms. The lowest BCUT2D eigenvalue weighted by Crippen LogP contribution is -2.28. The molecule has 0 saturated heterocycles. The number of ether oxygens (including phenoxy) is 1. The van der Waals surface area contributed by atoms with Crippen molar-refractivity contribution in [2.45, 2.75) is 59.8 Å². The van der Waals surface area contributed by atoms with Crippen LogP contribution in [0.1, 0.15) is 59.8 Å². The molecule has 0 bridgehead atoms. The number of rotatable bonds is 8. The summed E-state index contributed by atoms with van der Waals surface area (Å²) in [5, 5.41) is 2.86. The SMILES string of the molecule is CCCC(C)(C)CCNC(=O)CCC1=C(C)C(=O)OC1=O. The summed E-state index contributed by atoms with van der Waals surface area (Å²) in [6.07, 6.45) is 3.63. The molecule has 1 amide bonds. The van der Waals surface area contributed by atoms with Crippen molar-refractivity contribution in [3.63, 3.8) is 0 Å². The zero-order valence-corrected chi connectivity index (χ0v) is 13.4. The summed E-state index contributed by atoms with van der Waals surface area (Å²) >= 11 is 0. The van der Waals surface area contributed by atoms with Gasteiger partial charge in [0, 0.05) is 24.1 Å². The minimum absolute atomic E-state index is 0.102. The molecule has 0 unspecified atom stereocenters. The Morgan fingerprint density at radius 2 is 1.86 bits per heavy atom. The number of carbonyl (C=O) groups is 3. The molecule has 0 aromatic carbocycles. The third kappa shape index (κ3) is 5.33. The lowest BCUT2D eigenvalue weighted by molar-refractivity contribution is -0.151. The van der Waals surface area contributed by atoms with Crippen molar-refractivity contribution in [3.05, 3.63) is 11.1 Å². The maximum atomic E-state index is 11.8. The first kappa shape index (κ1) is 17.4. The van der Waals surface area contributed by atoms with Gasteiger partial charge in [-0.3, -0.25) is 4.79 Å². The molecule has 0 aromatic rings. The monoisotopic (exact) mass is 295 g/mol. The second-order valence-electron chi connectivity index (χ2n) is 6.29. The van der Waals surface area contributed by atoms with Crippen LogP contribution < -0.4 is 5.32 Å². The van der Waals surface area contributed by atoms with Gasteiger partial charge in [-0.05, 0) is 31.6 Å². The zero-order valence-electron chi connectivity index (χ0n) is 13.4. The first-order chi connectivity index (χ1) is 9.76. The largest absolute Gasteiger partial charge is 0.386 e.